The summed E-state index contributed by atoms with van der Waals surface area (Å²) in [5.74, 6) is -0.212. The van der Waals surface area contributed by atoms with Crippen LogP contribution in [0.3, 0.4) is 0 Å². The Morgan fingerprint density at radius 3 is 2.50 bits per heavy atom. The van der Waals surface area contributed by atoms with Gasteiger partial charge in [0.15, 0.2) is 0 Å². The molecule has 0 aliphatic heterocycles. The Kier molecular flexibility index (Phi) is 5.53. The van der Waals surface area contributed by atoms with Crippen LogP contribution in [0.5, 0.6) is 0 Å². The predicted molar refractivity (Wildman–Crippen MR) is 115 cm³/mol. The van der Waals surface area contributed by atoms with E-state index >= 15 is 0 Å². The topological polar surface area (TPSA) is 52.9 Å². The number of nitrogens with one attached hydrogen (secondary N) is 1. The number of nitriles is 1. The summed E-state index contributed by atoms with van der Waals surface area (Å²) in [7, 11) is 0. The molecule has 140 valence electrons. The van der Waals surface area contributed by atoms with Gasteiger partial charge in [-0.3, -0.25) is 4.79 Å². The van der Waals surface area contributed by atoms with Crippen LogP contribution in [-0.2, 0) is 5.41 Å². The van der Waals surface area contributed by atoms with Gasteiger partial charge in [-0.15, -0.1) is 0 Å². The average Bonchev–Trinajstić information content (AvgIpc) is 2.69. The van der Waals surface area contributed by atoms with Gasteiger partial charge in [-0.25, -0.2) is 0 Å². The molecule has 1 amide bonds. The minimum absolute atomic E-state index is 0.212. The highest BCUT2D eigenvalue weighted by molar-refractivity contribution is 6.30. The van der Waals surface area contributed by atoms with Gasteiger partial charge < -0.3 is 5.32 Å². The third kappa shape index (κ3) is 4.24. The lowest BCUT2D eigenvalue weighted by Gasteiger charge is -2.17. The molecule has 0 saturated carbocycles. The fourth-order valence-electron chi connectivity index (χ4n) is 2.98. The Bertz CT molecular complexity index is 1080. The van der Waals surface area contributed by atoms with Crippen LogP contribution in [0, 0.1) is 18.3 Å². The molecule has 3 rings (SSSR count). The zero-order valence-electron chi connectivity index (χ0n) is 16.1. The van der Waals surface area contributed by atoms with E-state index in [1.807, 2.05) is 69.3 Å². The third-order valence-electron chi connectivity index (χ3n) is 4.76. The molecule has 0 saturated heterocycles. The fourth-order valence-corrected chi connectivity index (χ4v) is 3.17. The molecule has 0 fully saturated rings. The SMILES string of the molecule is Cc1ccc(NC(=O)c2cccc(C(C)(C)C#N)c2)cc1-c1cccc(Cl)c1. The number of rotatable bonds is 4. The molecule has 0 aliphatic rings. The van der Waals surface area contributed by atoms with E-state index in [1.54, 1.807) is 18.2 Å². The number of benzene rings is 3. The summed E-state index contributed by atoms with van der Waals surface area (Å²) >= 11 is 6.12. The molecule has 28 heavy (non-hydrogen) atoms. The Labute approximate surface area is 170 Å². The quantitative estimate of drug-likeness (QED) is 0.564. The Morgan fingerprint density at radius 1 is 1.04 bits per heavy atom. The first-order chi connectivity index (χ1) is 13.3. The van der Waals surface area contributed by atoms with E-state index in [9.17, 15) is 10.1 Å². The van der Waals surface area contributed by atoms with Crippen molar-refractivity contribution in [2.45, 2.75) is 26.2 Å². The van der Waals surface area contributed by atoms with Gasteiger partial charge in [0.2, 0.25) is 0 Å². The molecular weight excluding hydrogens is 368 g/mol. The van der Waals surface area contributed by atoms with Gasteiger partial charge in [-0.05, 0) is 79.4 Å². The van der Waals surface area contributed by atoms with E-state index in [0.717, 1.165) is 22.3 Å². The molecule has 0 unspecified atom stereocenters. The number of hydrogen-bond acceptors (Lipinski definition) is 2. The van der Waals surface area contributed by atoms with Crippen LogP contribution in [0.4, 0.5) is 5.69 Å². The van der Waals surface area contributed by atoms with Crippen LogP contribution in [0.1, 0.15) is 35.3 Å². The molecule has 0 spiro atoms. The van der Waals surface area contributed by atoms with Crippen LogP contribution in [0.15, 0.2) is 66.7 Å². The number of amides is 1. The molecule has 3 aromatic carbocycles. The maximum atomic E-state index is 12.8. The standard InChI is InChI=1S/C24H21ClN2O/c1-16-10-11-21(14-22(16)17-6-5-9-20(25)13-17)27-23(28)18-7-4-8-19(12-18)24(2,3)15-26/h4-14H,1-3H3,(H,27,28). The van der Waals surface area contributed by atoms with E-state index in [2.05, 4.69) is 11.4 Å². The van der Waals surface area contributed by atoms with Gasteiger partial charge in [-0.1, -0.05) is 41.9 Å². The fraction of sp³-hybridized carbons (Fsp3) is 0.167. The number of carbonyl (C=O) groups excluding carboxylic acids is 1. The number of hydrogen-bond donors (Lipinski definition) is 1. The van der Waals surface area contributed by atoms with E-state index < -0.39 is 5.41 Å². The van der Waals surface area contributed by atoms with Gasteiger partial charge in [-0.2, -0.15) is 5.26 Å². The van der Waals surface area contributed by atoms with Crippen LogP contribution in [-0.4, -0.2) is 5.91 Å². The summed E-state index contributed by atoms with van der Waals surface area (Å²) in [6.07, 6.45) is 0. The number of carbonyl (C=O) groups is 1. The molecule has 3 nitrogen and oxygen atoms in total. The summed E-state index contributed by atoms with van der Waals surface area (Å²) < 4.78 is 0. The van der Waals surface area contributed by atoms with Crippen molar-refractivity contribution in [2.24, 2.45) is 0 Å². The van der Waals surface area contributed by atoms with E-state index in [4.69, 9.17) is 11.6 Å². The van der Waals surface area contributed by atoms with E-state index in [-0.39, 0.29) is 5.91 Å². The smallest absolute Gasteiger partial charge is 0.255 e. The Hall–Kier alpha value is -3.09. The molecule has 4 heteroatoms. The lowest BCUT2D eigenvalue weighted by Crippen LogP contribution is -2.17. The second-order valence-electron chi connectivity index (χ2n) is 7.31. The highest BCUT2D eigenvalue weighted by Crippen LogP contribution is 2.29. The number of aryl methyl sites for hydroxylation is 1. The monoisotopic (exact) mass is 388 g/mol. The summed E-state index contributed by atoms with van der Waals surface area (Å²) in [6, 6.07) is 22.9. The summed E-state index contributed by atoms with van der Waals surface area (Å²) in [6.45, 7) is 5.69. The van der Waals surface area contributed by atoms with Crippen LogP contribution >= 0.6 is 11.6 Å². The zero-order valence-corrected chi connectivity index (χ0v) is 16.8. The summed E-state index contributed by atoms with van der Waals surface area (Å²) in [4.78, 5) is 12.8. The third-order valence-corrected chi connectivity index (χ3v) is 4.99. The highest BCUT2D eigenvalue weighted by atomic mass is 35.5. The first kappa shape index (κ1) is 19.7. The first-order valence-corrected chi connectivity index (χ1v) is 9.38. The minimum atomic E-state index is -0.653. The van der Waals surface area contributed by atoms with Crippen LogP contribution in [0.2, 0.25) is 5.02 Å². The minimum Gasteiger partial charge on any atom is -0.322 e. The largest absolute Gasteiger partial charge is 0.322 e. The first-order valence-electron chi connectivity index (χ1n) is 9.00. The number of anilines is 1. The Balaban J connectivity index is 1.89. The maximum absolute atomic E-state index is 12.8. The maximum Gasteiger partial charge on any atom is 0.255 e. The second kappa shape index (κ2) is 7.88. The molecule has 1 N–H and O–H groups in total. The molecule has 0 radical (unpaired) electrons. The molecule has 0 aromatic heterocycles. The molecule has 0 aliphatic carbocycles. The Morgan fingerprint density at radius 2 is 1.79 bits per heavy atom. The van der Waals surface area contributed by atoms with Crippen molar-refractivity contribution in [1.29, 1.82) is 5.26 Å². The van der Waals surface area contributed by atoms with Gasteiger partial charge in [0.05, 0.1) is 11.5 Å². The van der Waals surface area contributed by atoms with Crippen molar-refractivity contribution in [3.8, 4) is 17.2 Å². The normalized spacial score (nSPS) is 11.0. The van der Waals surface area contributed by atoms with Gasteiger partial charge in [0.25, 0.3) is 5.91 Å². The van der Waals surface area contributed by atoms with Crippen molar-refractivity contribution in [1.82, 2.24) is 0 Å². The van der Waals surface area contributed by atoms with Crippen LogP contribution in [0.25, 0.3) is 11.1 Å². The van der Waals surface area contributed by atoms with Gasteiger partial charge in [0.1, 0.15) is 0 Å². The second-order valence-corrected chi connectivity index (χ2v) is 7.75. The average molecular weight is 389 g/mol. The van der Waals surface area contributed by atoms with Crippen molar-refractivity contribution < 1.29 is 4.79 Å². The highest BCUT2D eigenvalue weighted by Gasteiger charge is 2.21. The van der Waals surface area contributed by atoms with Crippen molar-refractivity contribution in [3.05, 3.63) is 88.4 Å². The predicted octanol–water partition coefficient (Wildman–Crippen LogP) is 6.37. The summed E-state index contributed by atoms with van der Waals surface area (Å²) in [5, 5.41) is 13.0. The van der Waals surface area contributed by atoms with Gasteiger partial charge >= 0.3 is 0 Å². The van der Waals surface area contributed by atoms with Crippen molar-refractivity contribution in [3.63, 3.8) is 0 Å². The van der Waals surface area contributed by atoms with Crippen LogP contribution < -0.4 is 5.32 Å². The zero-order chi connectivity index (χ0) is 20.3. The lowest BCUT2D eigenvalue weighted by molar-refractivity contribution is 0.102. The summed E-state index contributed by atoms with van der Waals surface area (Å²) in [5.41, 5.74) is 4.49. The van der Waals surface area contributed by atoms with E-state index in [0.29, 0.717) is 16.3 Å². The van der Waals surface area contributed by atoms with Gasteiger partial charge in [0, 0.05) is 16.3 Å². The molecule has 0 bridgehead atoms. The van der Waals surface area contributed by atoms with E-state index in [1.165, 1.54) is 0 Å². The number of halogens is 1. The lowest BCUT2D eigenvalue weighted by atomic mass is 9.85. The van der Waals surface area contributed by atoms with Crippen molar-refractivity contribution >= 4 is 23.2 Å². The molecule has 0 heterocycles. The molecule has 3 aromatic rings. The number of nitrogens with zero attached hydrogens (tertiary/aromatic N) is 1. The van der Waals surface area contributed by atoms with Crippen molar-refractivity contribution in [2.75, 3.05) is 5.32 Å². The molecule has 0 atom stereocenters. The molecular formula is C24H21ClN2O.